The van der Waals surface area contributed by atoms with Gasteiger partial charge in [-0.3, -0.25) is 0 Å². The number of halogens is 1. The van der Waals surface area contributed by atoms with Gasteiger partial charge in [0.15, 0.2) is 11.6 Å². The van der Waals surface area contributed by atoms with Gasteiger partial charge >= 0.3 is 5.82 Å². The molecule has 31 heavy (non-hydrogen) atoms. The number of nitroso groups, excluding NO2 is 1. The summed E-state index contributed by atoms with van der Waals surface area (Å²) in [5, 5.41) is 21.3. The van der Waals surface area contributed by atoms with Gasteiger partial charge in [-0.05, 0) is 30.0 Å². The molecule has 2 aromatic carbocycles. The number of aromatic nitrogens is 2. The first-order chi connectivity index (χ1) is 14.9. The number of hydrogen-bond donors (Lipinski definition) is 3. The van der Waals surface area contributed by atoms with Crippen molar-refractivity contribution in [2.45, 2.75) is 18.6 Å². The standard InChI is InChI=1S/C22H22FN4O4/c23-17-3-1-2-4-19(17)27(30)21-20(24)25-13-18(26-21)14-5-7-15(8-6-14)22(28,29)16-9-11-31-12-10-16/h1-8,13,16,28-29H,9-12H2,(H2,24,25)/q+1. The minimum atomic E-state index is -1.98. The molecule has 1 aliphatic heterocycles. The van der Waals surface area contributed by atoms with Crippen molar-refractivity contribution >= 4 is 17.3 Å². The van der Waals surface area contributed by atoms with Gasteiger partial charge < -0.3 is 20.7 Å². The molecule has 1 saturated heterocycles. The summed E-state index contributed by atoms with van der Waals surface area (Å²) < 4.78 is 19.6. The lowest BCUT2D eigenvalue weighted by Crippen LogP contribution is -2.38. The predicted octanol–water partition coefficient (Wildman–Crippen LogP) is 3.03. The van der Waals surface area contributed by atoms with Gasteiger partial charge in [0.2, 0.25) is 17.2 Å². The van der Waals surface area contributed by atoms with Crippen molar-refractivity contribution in [2.24, 2.45) is 5.92 Å². The summed E-state index contributed by atoms with van der Waals surface area (Å²) in [7, 11) is 0. The van der Waals surface area contributed by atoms with Crippen LogP contribution in [0, 0.1) is 16.6 Å². The highest BCUT2D eigenvalue weighted by Gasteiger charge is 2.37. The molecule has 1 aliphatic rings. The first-order valence-electron chi connectivity index (χ1n) is 9.85. The number of nitrogens with zero attached hydrogens (tertiary/aromatic N) is 3. The first kappa shape index (κ1) is 21.0. The van der Waals surface area contributed by atoms with Gasteiger partial charge in [0, 0.05) is 35.0 Å². The zero-order valence-electron chi connectivity index (χ0n) is 16.6. The molecule has 1 fully saturated rings. The highest BCUT2D eigenvalue weighted by atomic mass is 19.1. The van der Waals surface area contributed by atoms with Crippen molar-refractivity contribution in [1.82, 2.24) is 14.7 Å². The van der Waals surface area contributed by atoms with E-state index in [-0.39, 0.29) is 23.2 Å². The summed E-state index contributed by atoms with van der Waals surface area (Å²) >= 11 is 0. The molecule has 0 radical (unpaired) electrons. The largest absolute Gasteiger partial charge is 0.410 e. The molecule has 0 aliphatic carbocycles. The van der Waals surface area contributed by atoms with Gasteiger partial charge in [0.25, 0.3) is 0 Å². The number of benzene rings is 2. The topological polar surface area (TPSA) is 122 Å². The number of hydrogen-bond acceptors (Lipinski definition) is 7. The van der Waals surface area contributed by atoms with Crippen molar-refractivity contribution in [3.05, 3.63) is 71.0 Å². The molecule has 9 heteroatoms. The van der Waals surface area contributed by atoms with Crippen molar-refractivity contribution in [2.75, 3.05) is 18.9 Å². The maximum absolute atomic E-state index is 14.0. The molecular weight excluding hydrogens is 403 g/mol. The van der Waals surface area contributed by atoms with Crippen LogP contribution in [0.5, 0.6) is 0 Å². The minimum absolute atomic E-state index is 0.136. The number of para-hydroxylation sites is 1. The second-order valence-electron chi connectivity index (χ2n) is 7.40. The summed E-state index contributed by atoms with van der Waals surface area (Å²) in [5.74, 6) is -3.37. The number of rotatable bonds is 5. The third kappa shape index (κ3) is 4.15. The monoisotopic (exact) mass is 425 g/mol. The quantitative estimate of drug-likeness (QED) is 0.424. The Morgan fingerprint density at radius 1 is 1.10 bits per heavy atom. The van der Waals surface area contributed by atoms with E-state index in [1.54, 1.807) is 24.3 Å². The molecule has 4 rings (SSSR count). The van der Waals surface area contributed by atoms with E-state index >= 15 is 0 Å². The Balaban J connectivity index is 1.62. The molecule has 0 spiro atoms. The molecule has 160 valence electrons. The number of aliphatic hydroxyl groups is 2. The van der Waals surface area contributed by atoms with Crippen LogP contribution < -0.4 is 10.5 Å². The van der Waals surface area contributed by atoms with Crippen molar-refractivity contribution in [1.29, 1.82) is 0 Å². The van der Waals surface area contributed by atoms with Gasteiger partial charge in [0.1, 0.15) is 0 Å². The summed E-state index contributed by atoms with van der Waals surface area (Å²) in [4.78, 5) is 20.9. The Bertz CT molecular complexity index is 1100. The van der Waals surface area contributed by atoms with Crippen molar-refractivity contribution in [3.63, 3.8) is 0 Å². The van der Waals surface area contributed by atoms with E-state index in [2.05, 4.69) is 9.97 Å². The van der Waals surface area contributed by atoms with E-state index in [1.807, 2.05) is 0 Å². The average molecular weight is 425 g/mol. The second-order valence-corrected chi connectivity index (χ2v) is 7.40. The summed E-state index contributed by atoms with van der Waals surface area (Å²) in [6, 6.07) is 12.0. The maximum Gasteiger partial charge on any atom is 0.410 e. The zero-order valence-corrected chi connectivity index (χ0v) is 16.6. The molecule has 8 nitrogen and oxygen atoms in total. The lowest BCUT2D eigenvalue weighted by atomic mass is 9.85. The van der Waals surface area contributed by atoms with Crippen LogP contribution in [0.3, 0.4) is 0 Å². The highest BCUT2D eigenvalue weighted by molar-refractivity contribution is 5.66. The van der Waals surface area contributed by atoms with E-state index in [0.717, 1.165) is 0 Å². The smallest absolute Gasteiger partial charge is 0.381 e. The second kappa shape index (κ2) is 8.46. The van der Waals surface area contributed by atoms with Gasteiger partial charge in [-0.15, -0.1) is 0 Å². The molecule has 2 heterocycles. The predicted molar refractivity (Wildman–Crippen MR) is 113 cm³/mol. The van der Waals surface area contributed by atoms with Crippen molar-refractivity contribution in [3.8, 4) is 11.3 Å². The molecule has 0 unspecified atom stereocenters. The zero-order chi connectivity index (χ0) is 22.0. The molecule has 0 saturated carbocycles. The van der Waals surface area contributed by atoms with Crippen LogP contribution in [0.25, 0.3) is 11.3 Å². The van der Waals surface area contributed by atoms with Gasteiger partial charge in [-0.2, -0.15) is 0 Å². The van der Waals surface area contributed by atoms with E-state index < -0.39 is 11.6 Å². The number of anilines is 1. The SMILES string of the molecule is Nc1ncc(-c2ccc(C(O)(O)C3CCOCC3)cc2)nc1[N+](=O)c1ccccc1F. The fraction of sp³-hybridized carbons (Fsp3) is 0.273. The summed E-state index contributed by atoms with van der Waals surface area (Å²) in [5.41, 5.74) is 6.85. The first-order valence-corrected chi connectivity index (χ1v) is 9.85. The Morgan fingerprint density at radius 2 is 1.77 bits per heavy atom. The number of nitrogens with two attached hydrogens (primary N) is 1. The third-order valence-electron chi connectivity index (χ3n) is 5.44. The van der Waals surface area contributed by atoms with Crippen molar-refractivity contribution < 1.29 is 19.3 Å². The maximum atomic E-state index is 14.0. The fourth-order valence-corrected chi connectivity index (χ4v) is 3.63. The summed E-state index contributed by atoms with van der Waals surface area (Å²) in [6.45, 7) is 0.978. The van der Waals surface area contributed by atoms with Gasteiger partial charge in [-0.25, -0.2) is 9.37 Å². The number of ether oxygens (including phenoxy) is 1. The fourth-order valence-electron chi connectivity index (χ4n) is 3.63. The van der Waals surface area contributed by atoms with Crippen LogP contribution in [0.4, 0.5) is 21.7 Å². The van der Waals surface area contributed by atoms with E-state index in [9.17, 15) is 19.5 Å². The van der Waals surface area contributed by atoms with E-state index in [0.29, 0.717) is 47.6 Å². The van der Waals surface area contributed by atoms with E-state index in [4.69, 9.17) is 10.5 Å². The van der Waals surface area contributed by atoms with E-state index in [1.165, 1.54) is 30.5 Å². The average Bonchev–Trinajstić information content (AvgIpc) is 2.80. The Kier molecular flexibility index (Phi) is 5.73. The van der Waals surface area contributed by atoms with Gasteiger partial charge in [0.05, 0.1) is 6.20 Å². The van der Waals surface area contributed by atoms with Crippen LogP contribution in [-0.2, 0) is 10.5 Å². The molecule has 3 aromatic rings. The van der Waals surface area contributed by atoms with Gasteiger partial charge in [-0.1, -0.05) is 41.3 Å². The lowest BCUT2D eigenvalue weighted by Gasteiger charge is -2.34. The summed E-state index contributed by atoms with van der Waals surface area (Å²) in [6.07, 6.45) is 2.50. The number of nitrogen functional groups attached to an aromatic ring is 1. The Morgan fingerprint density at radius 3 is 2.45 bits per heavy atom. The van der Waals surface area contributed by atoms with Crippen LogP contribution in [0.1, 0.15) is 18.4 Å². The minimum Gasteiger partial charge on any atom is -0.381 e. The molecule has 0 amide bonds. The Labute approximate surface area is 177 Å². The molecule has 0 atom stereocenters. The van der Waals surface area contributed by atoms with Crippen LogP contribution in [0.15, 0.2) is 54.7 Å². The normalized spacial score (nSPS) is 15.1. The van der Waals surface area contributed by atoms with Crippen LogP contribution in [-0.4, -0.2) is 33.4 Å². The van der Waals surface area contributed by atoms with Crippen LogP contribution in [0.2, 0.25) is 0 Å². The highest BCUT2D eigenvalue weighted by Crippen LogP contribution is 2.35. The lowest BCUT2D eigenvalue weighted by molar-refractivity contribution is -0.224. The third-order valence-corrected chi connectivity index (χ3v) is 5.44. The molecule has 4 N–H and O–H groups in total. The Hall–Kier alpha value is -3.27. The van der Waals surface area contributed by atoms with Crippen LogP contribution >= 0.6 is 0 Å². The molecular formula is C22H22FN4O4+. The molecule has 1 aromatic heterocycles. The molecule has 0 bridgehead atoms.